The third-order valence-corrected chi connectivity index (χ3v) is 15.1. The first-order valence-corrected chi connectivity index (χ1v) is 31.7. The first-order chi connectivity index (χ1) is 49.3. The molecule has 0 aliphatic carbocycles. The number of hydrogen-bond donors (Lipinski definition) is 2. The Morgan fingerprint density at radius 3 is 1.76 bits per heavy atom. The van der Waals surface area contributed by atoms with Crippen LogP contribution in [-0.4, -0.2) is 71.0 Å². The quantitative estimate of drug-likeness (QED) is 0.0633. The maximum Gasteiger partial charge on any atom is 3.00 e. The number of carboxylic acid groups (broad SMARTS) is 1. The van der Waals surface area contributed by atoms with Crippen LogP contribution in [0.3, 0.4) is 0 Å². The average molecular weight is 2340 g/mol. The minimum absolute atomic E-state index is 0. The number of aliphatic hydroxyl groups is 1. The number of thioether (sulfide) groups is 1. The molecular weight excluding hydrogens is 2280 g/mol. The summed E-state index contributed by atoms with van der Waals surface area (Å²) < 4.78 is 65.3. The van der Waals surface area contributed by atoms with E-state index in [1.54, 1.807) is 67.1 Å². The predicted octanol–water partition coefficient (Wildman–Crippen LogP) is 18.1. The van der Waals surface area contributed by atoms with Gasteiger partial charge in [-0.05, 0) is 119 Å². The molecule has 9 heterocycles. The molecule has 0 amide bonds. The van der Waals surface area contributed by atoms with Crippen LogP contribution in [0.1, 0.15) is 46.4 Å². The number of aromatic nitrogens is 7. The summed E-state index contributed by atoms with van der Waals surface area (Å²) in [6, 6.07) is 70.1. The van der Waals surface area contributed by atoms with E-state index in [-0.39, 0.29) is 135 Å². The number of aryl methyl sites for hydroxylation is 1. The van der Waals surface area contributed by atoms with E-state index in [0.29, 0.717) is 16.6 Å². The predicted molar refractivity (Wildman–Crippen MR) is 385 cm³/mol. The second-order valence-corrected chi connectivity index (χ2v) is 22.7. The molecule has 4 radical (unpaired) electrons. The summed E-state index contributed by atoms with van der Waals surface area (Å²) in [6.07, 6.45) is 17.0. The van der Waals surface area contributed by atoms with Gasteiger partial charge in [0.15, 0.2) is 11.5 Å². The number of fused-ring (bicyclic) bond motifs is 2. The smallest absolute Gasteiger partial charge is 0.574 e. The zero-order valence-electron chi connectivity index (χ0n) is 57.1. The second kappa shape index (κ2) is 47.9. The number of aromatic carboxylic acids is 1. The van der Waals surface area contributed by atoms with E-state index in [2.05, 4.69) is 155 Å². The molecule has 12 aromatic rings. The average Bonchev–Trinajstić information content (AvgIpc) is 1.78. The van der Waals surface area contributed by atoms with Crippen molar-refractivity contribution < 1.29 is 142 Å². The van der Waals surface area contributed by atoms with Crippen molar-refractivity contribution in [1.29, 1.82) is 0 Å². The number of halogens is 5. The van der Waals surface area contributed by atoms with Gasteiger partial charge in [-0.1, -0.05) is 88.4 Å². The third kappa shape index (κ3) is 29.0. The van der Waals surface area contributed by atoms with Crippen molar-refractivity contribution in [2.75, 3.05) is 28.8 Å². The van der Waals surface area contributed by atoms with Crippen molar-refractivity contribution >= 4 is 52.0 Å². The first-order valence-electron chi connectivity index (χ1n) is 30.9. The molecule has 107 heavy (non-hydrogen) atoms. The topological polar surface area (TPSA) is 183 Å². The number of anilines is 4. The van der Waals surface area contributed by atoms with Gasteiger partial charge in [-0.2, -0.15) is 79.5 Å². The molecule has 0 fully saturated rings. The number of carboxylic acids is 1. The van der Waals surface area contributed by atoms with E-state index in [1.165, 1.54) is 72.3 Å². The minimum Gasteiger partial charge on any atom is -0.574 e. The maximum atomic E-state index is 13.8. The van der Waals surface area contributed by atoms with Crippen molar-refractivity contribution in [2.24, 2.45) is 0 Å². The molecule has 558 valence electrons. The van der Waals surface area contributed by atoms with Crippen LogP contribution in [0.5, 0.6) is 0 Å². The summed E-state index contributed by atoms with van der Waals surface area (Å²) in [6.45, 7) is 15.4. The van der Waals surface area contributed by atoms with E-state index >= 15 is 0 Å². The number of aliphatic hydroxyl groups excluding tert-OH is 1. The van der Waals surface area contributed by atoms with E-state index in [1.807, 2.05) is 115 Å². The van der Waals surface area contributed by atoms with Crippen LogP contribution < -0.4 is 19.8 Å². The fraction of sp³-hybridized carbons (Fsp3) is 0.0750. The first kappa shape index (κ1) is 91.7. The minimum atomic E-state index is -0.990. The molecule has 6 aromatic carbocycles. The summed E-state index contributed by atoms with van der Waals surface area (Å²) in [7, 11) is 3.99. The van der Waals surface area contributed by atoms with Crippen molar-refractivity contribution in [1.82, 2.24) is 40.0 Å². The third-order valence-electron chi connectivity index (χ3n) is 13.8. The molecule has 3 aliphatic rings. The Labute approximate surface area is 690 Å². The van der Waals surface area contributed by atoms with Gasteiger partial charge in [0.05, 0.1) is 12.3 Å². The number of nitrogens with zero attached hydrogens (tertiary/aromatic N) is 12. The molecule has 15 rings (SSSR count). The standard InChI is InChI=1S/C14H12N2.C13H7F2N2.C13H10NS.C11H6F2N.C10H9FN2.C8H6N3.C6H5NO2.C5H8O2.5Ir/c1-15-11-16(12-7-3-2-4-8-12)14-10-6-5-9-13(14)15;1-8-5-6-17-11(7-8)9-3-4-10(14)13(16-2)12(9)15;1-2-7-12-10(5-1)9-13(15-12)11-6-3-4-8-14-11;12-8-4-5-9(10(13)7-8)11-3-1-2-6-14-11;1-12-6-7-13(8-12)10-4-2-9(11)3-5-10;1-2-5-9-7(3-1)8-4-6-10-11-8;8-6(9)5-3-1-2-4-7-5;1-4(6)3-5(2)7;;;;;/h2-7,9-11H,1H3;4-7H,1H3;1-9,13H;1-4,6-7H;2-4,6-8H,1H3;1-6H;1-4H,(H,8,9);3,6H,1-2H3;;;;;/q-2;3*-1;-2;-1;;;;;;;+3. The van der Waals surface area contributed by atoms with Gasteiger partial charge < -0.3 is 50.0 Å². The molecule has 27 heteroatoms. The SMILES string of the molecule is CC(=O)C=C(C)O.CN1C=CN(c2[c-]cc(F)cc2)[CH-]1.CN1[CH-]N(c2[c-]cccc2)c2ccccc21.Fc1c[c-]c(-c2ccccn2)c(F)c1.O=C(O)c1ccccn1.[C-]#[N+]c1c(F)c[c-]c(-c2cc(C)ccn2)c1F.[Ir+3].[Ir].[Ir].[Ir].[Ir].c1ccc(-c2ccn[n-]2)nc1.c1ccc(C2[CH-]c3ccccc3S2)nc1. The van der Waals surface area contributed by atoms with Crippen LogP contribution in [0, 0.1) is 86.6 Å². The Morgan fingerprint density at radius 1 is 0.598 bits per heavy atom. The van der Waals surface area contributed by atoms with Gasteiger partial charge >= 0.3 is 26.1 Å². The van der Waals surface area contributed by atoms with Crippen LogP contribution in [0.2, 0.25) is 0 Å². The number of ketones is 1. The monoisotopic (exact) mass is 2350 g/mol. The molecule has 2 N–H and O–H groups in total. The summed E-state index contributed by atoms with van der Waals surface area (Å²) in [5.41, 5.74) is 9.84. The van der Waals surface area contributed by atoms with Gasteiger partial charge in [0.2, 0.25) is 0 Å². The number of allylic oxidation sites excluding steroid dienone is 2. The van der Waals surface area contributed by atoms with Crippen molar-refractivity contribution in [3.63, 3.8) is 0 Å². The number of pyridine rings is 5. The van der Waals surface area contributed by atoms with Crippen molar-refractivity contribution in [3.8, 4) is 33.9 Å². The van der Waals surface area contributed by atoms with Gasteiger partial charge in [0.25, 0.3) is 0 Å². The Bertz CT molecular complexity index is 4720. The molecule has 1 atom stereocenters. The van der Waals surface area contributed by atoms with Crippen LogP contribution in [0.15, 0.2) is 267 Å². The van der Waals surface area contributed by atoms with E-state index < -0.39 is 34.9 Å². The summed E-state index contributed by atoms with van der Waals surface area (Å²) in [5.74, 6) is -4.43. The maximum absolute atomic E-state index is 13.8. The van der Waals surface area contributed by atoms with Crippen molar-refractivity contribution in [3.05, 3.63) is 369 Å². The van der Waals surface area contributed by atoms with Crippen LogP contribution in [0.25, 0.3) is 38.7 Å². The number of benzene rings is 6. The molecule has 0 spiro atoms. The fourth-order valence-electron chi connectivity index (χ4n) is 9.16. The van der Waals surface area contributed by atoms with Crippen LogP contribution in [-0.2, 0) is 105 Å². The molecule has 1 unspecified atom stereocenters. The largest absolute Gasteiger partial charge is 3.00 e. The number of rotatable bonds is 8. The summed E-state index contributed by atoms with van der Waals surface area (Å²) >= 11 is 1.87. The van der Waals surface area contributed by atoms with Gasteiger partial charge in [0, 0.05) is 181 Å². The van der Waals surface area contributed by atoms with Gasteiger partial charge in [-0.25, -0.2) is 9.78 Å². The Balaban J connectivity index is 0.000000319. The summed E-state index contributed by atoms with van der Waals surface area (Å²) in [5, 5.41) is 24.6. The van der Waals surface area contributed by atoms with Crippen molar-refractivity contribution in [2.45, 2.75) is 30.9 Å². The fourth-order valence-corrected chi connectivity index (χ4v) is 10.3. The molecule has 6 aromatic heterocycles. The van der Waals surface area contributed by atoms with Crippen LogP contribution >= 0.6 is 11.8 Å². The number of hydrogen-bond acceptors (Lipinski definition) is 14. The zero-order chi connectivity index (χ0) is 72.8. The molecule has 3 aliphatic heterocycles. The van der Waals surface area contributed by atoms with E-state index in [4.69, 9.17) is 16.8 Å². The Hall–Kier alpha value is -9.49. The molecule has 0 bridgehead atoms. The van der Waals surface area contributed by atoms with Gasteiger partial charge in [-0.3, -0.25) is 41.6 Å². The Morgan fingerprint density at radius 2 is 1.22 bits per heavy atom. The Kier molecular flexibility index (Phi) is 41.1. The number of carbonyl (C=O) groups is 2. The molecule has 0 saturated carbocycles. The number of carbonyl (C=O) groups excluding carboxylic acids is 1. The van der Waals surface area contributed by atoms with E-state index in [0.717, 1.165) is 52.2 Å². The van der Waals surface area contributed by atoms with E-state index in [9.17, 15) is 31.5 Å². The zero-order valence-corrected chi connectivity index (χ0v) is 69.9. The number of para-hydroxylation sites is 3. The van der Waals surface area contributed by atoms with Gasteiger partial charge in [-0.15, -0.1) is 71.5 Å². The van der Waals surface area contributed by atoms with Gasteiger partial charge in [0.1, 0.15) is 5.69 Å². The molecule has 0 saturated heterocycles. The molecular formula is C80H63F5Ir5N12O4S-5. The second-order valence-electron chi connectivity index (χ2n) is 21.5. The summed E-state index contributed by atoms with van der Waals surface area (Å²) in [4.78, 5) is 52.4. The normalized spacial score (nSPS) is 12.0. The molecule has 16 nitrogen and oxygen atoms in total. The van der Waals surface area contributed by atoms with Crippen LogP contribution in [0.4, 0.5) is 50.4 Å².